The quantitative estimate of drug-likeness (QED) is 0.0375. The van der Waals surface area contributed by atoms with E-state index in [4.69, 9.17) is 55.9 Å². The second-order valence-corrected chi connectivity index (χ2v) is 16.5. The molecule has 5 aromatic carbocycles. The highest BCUT2D eigenvalue weighted by atomic mass is 35.5. The van der Waals surface area contributed by atoms with Crippen LogP contribution in [0.4, 0.5) is 34.1 Å². The van der Waals surface area contributed by atoms with E-state index in [1.807, 2.05) is 12.1 Å². The van der Waals surface area contributed by atoms with Crippen LogP contribution < -0.4 is 30.7 Å². The minimum atomic E-state index is -1.65. The molecule has 0 aliphatic rings. The van der Waals surface area contributed by atoms with Gasteiger partial charge in [0.25, 0.3) is 23.6 Å². The Balaban J connectivity index is 1.30. The highest BCUT2D eigenvalue weighted by Crippen LogP contribution is 2.37. The fraction of sp³-hybridized carbons (Fsp3) is 0.217. The molecule has 342 valence electrons. The van der Waals surface area contributed by atoms with Crippen molar-refractivity contribution in [3.05, 3.63) is 129 Å². The molecule has 0 saturated carbocycles. The molecule has 0 aliphatic carbocycles. The van der Waals surface area contributed by atoms with E-state index in [0.717, 1.165) is 25.0 Å². The summed E-state index contributed by atoms with van der Waals surface area (Å²) in [6.45, 7) is 5.89. The first-order chi connectivity index (χ1) is 31.4. The fourth-order valence-corrected chi connectivity index (χ4v) is 6.68. The van der Waals surface area contributed by atoms with Crippen LogP contribution in [0, 0.1) is 0 Å². The van der Waals surface area contributed by atoms with Crippen molar-refractivity contribution < 1.29 is 38.2 Å². The zero-order chi connectivity index (χ0) is 48.2. The summed E-state index contributed by atoms with van der Waals surface area (Å²) in [5, 5.41) is 26.4. The van der Waals surface area contributed by atoms with Gasteiger partial charge in [0, 0.05) is 23.5 Å². The van der Waals surface area contributed by atoms with Crippen LogP contribution in [-0.4, -0.2) is 61.5 Å². The fourth-order valence-electron chi connectivity index (χ4n) is 6.00. The van der Waals surface area contributed by atoms with E-state index in [1.54, 1.807) is 50.2 Å². The molecule has 16 nitrogen and oxygen atoms in total. The van der Waals surface area contributed by atoms with Gasteiger partial charge < -0.3 is 30.7 Å². The van der Waals surface area contributed by atoms with Gasteiger partial charge in [-0.25, -0.2) is 0 Å². The Kier molecular flexibility index (Phi) is 17.5. The minimum absolute atomic E-state index is 0.00922. The Labute approximate surface area is 399 Å². The van der Waals surface area contributed by atoms with Crippen LogP contribution in [0.2, 0.25) is 10.0 Å². The maximum absolute atomic E-state index is 13.5. The third-order valence-electron chi connectivity index (χ3n) is 9.48. The van der Waals surface area contributed by atoms with Crippen LogP contribution >= 0.6 is 46.4 Å². The predicted octanol–water partition coefficient (Wildman–Crippen LogP) is 11.5. The van der Waals surface area contributed by atoms with Crippen molar-refractivity contribution in [1.29, 1.82) is 0 Å². The lowest BCUT2D eigenvalue weighted by Crippen LogP contribution is -2.32. The summed E-state index contributed by atoms with van der Waals surface area (Å²) in [5.74, 6) is -4.22. The van der Waals surface area contributed by atoms with Crippen LogP contribution in [0.3, 0.4) is 0 Å². The molecule has 0 aliphatic heterocycles. The van der Waals surface area contributed by atoms with E-state index in [9.17, 15) is 28.8 Å². The van der Waals surface area contributed by atoms with E-state index < -0.39 is 47.3 Å². The summed E-state index contributed by atoms with van der Waals surface area (Å²) in [5.41, 5.74) is 2.96. The molecule has 0 fully saturated rings. The number of alkyl halides is 2. The Morgan fingerprint density at radius 3 is 1.24 bits per heavy atom. The lowest BCUT2D eigenvalue weighted by atomic mass is 10.1. The van der Waals surface area contributed by atoms with E-state index in [-0.39, 0.29) is 66.2 Å². The van der Waals surface area contributed by atoms with Crippen LogP contribution in [-0.2, 0) is 19.2 Å². The normalized spacial score (nSPS) is 13.0. The molecule has 4 amide bonds. The number of ether oxygens (including phenoxy) is 2. The smallest absolute Gasteiger partial charge is 0.258 e. The molecular weight excluding hydrogens is 934 g/mol. The number of halogens is 4. The number of azo groups is 2. The molecule has 0 heterocycles. The molecule has 5 aromatic rings. The number of amides is 4. The molecule has 4 unspecified atom stereocenters. The number of hydrogen-bond donors (Lipinski definition) is 4. The van der Waals surface area contributed by atoms with Crippen molar-refractivity contribution >= 4 is 116 Å². The van der Waals surface area contributed by atoms with Gasteiger partial charge in [-0.1, -0.05) is 47.5 Å². The summed E-state index contributed by atoms with van der Waals surface area (Å²) < 4.78 is 11.0. The van der Waals surface area contributed by atoms with Gasteiger partial charge in [-0.15, -0.1) is 23.2 Å². The largest absolute Gasteiger partial charge is 0.494 e. The van der Waals surface area contributed by atoms with E-state index >= 15 is 0 Å². The van der Waals surface area contributed by atoms with Crippen molar-refractivity contribution in [2.45, 2.75) is 50.5 Å². The molecule has 4 N–H and O–H groups in total. The van der Waals surface area contributed by atoms with Crippen molar-refractivity contribution in [3.8, 4) is 11.5 Å². The Morgan fingerprint density at radius 1 is 0.530 bits per heavy atom. The van der Waals surface area contributed by atoms with Crippen LogP contribution in [0.15, 0.2) is 118 Å². The number of nitrogens with zero attached hydrogens (tertiary/aromatic N) is 4. The second kappa shape index (κ2) is 22.9. The summed E-state index contributed by atoms with van der Waals surface area (Å²) >= 11 is 25.1. The van der Waals surface area contributed by atoms with Gasteiger partial charge in [0.15, 0.2) is 11.6 Å². The monoisotopic (exact) mass is 974 g/mol. The number of ketones is 2. The lowest BCUT2D eigenvalue weighted by Gasteiger charge is -2.18. The standard InChI is InChI=1S/C46H42Cl4N8O8/c1-23(47)27-9-7-11-29(17-27)51-43(61)33-19-31(13-15-35(33)49)55-57-41(25(3)59)45(63)53-37-21-40(66-6)38(22-39(37)65-5)54-46(64)42(26(4)60)58-56-32-14-16-36(50)34(20-32)44(62)52-30-12-8-10-28(18-30)24(2)48/h7-24,41-42H,1-6H3,(H,51,61)(H,52,62)(H,53,63)(H,54,64). The SMILES string of the molecule is COc1cc(NC(=O)C(N=Nc2ccc(Cl)c(C(=O)Nc3cccc(C(C)Cl)c3)c2)C(C)=O)c(OC)cc1NC(=O)C(N=Nc1ccc(Cl)c(C(=O)Nc2cccc(C(C)Cl)c2)c1)C(C)=O. The van der Waals surface area contributed by atoms with Crippen molar-refractivity contribution in [3.63, 3.8) is 0 Å². The lowest BCUT2D eigenvalue weighted by molar-refractivity contribution is -0.127. The number of nitrogens with one attached hydrogen (secondary N) is 4. The second-order valence-electron chi connectivity index (χ2n) is 14.4. The topological polar surface area (TPSA) is 218 Å². The number of hydrogen-bond acceptors (Lipinski definition) is 12. The first-order valence-electron chi connectivity index (χ1n) is 19.8. The van der Waals surface area contributed by atoms with Crippen LogP contribution in [0.5, 0.6) is 11.5 Å². The van der Waals surface area contributed by atoms with Crippen LogP contribution in [0.1, 0.15) is 70.3 Å². The zero-order valence-corrected chi connectivity index (χ0v) is 39.1. The Hall–Kier alpha value is -6.72. The number of benzene rings is 5. The zero-order valence-electron chi connectivity index (χ0n) is 36.1. The molecule has 20 heteroatoms. The molecule has 4 atom stereocenters. The van der Waals surface area contributed by atoms with Gasteiger partial charge in [-0.2, -0.15) is 20.5 Å². The molecule has 0 radical (unpaired) electrons. The predicted molar refractivity (Wildman–Crippen MR) is 255 cm³/mol. The Morgan fingerprint density at radius 2 is 0.909 bits per heavy atom. The van der Waals surface area contributed by atoms with Crippen molar-refractivity contribution in [2.24, 2.45) is 20.5 Å². The number of anilines is 4. The molecule has 0 spiro atoms. The highest BCUT2D eigenvalue weighted by Gasteiger charge is 2.28. The minimum Gasteiger partial charge on any atom is -0.494 e. The van der Waals surface area contributed by atoms with Gasteiger partial charge in [0.05, 0.1) is 68.9 Å². The molecule has 5 rings (SSSR count). The van der Waals surface area contributed by atoms with E-state index in [2.05, 4.69) is 41.7 Å². The van der Waals surface area contributed by atoms with Crippen molar-refractivity contribution in [2.75, 3.05) is 35.5 Å². The maximum atomic E-state index is 13.5. The number of Topliss-reactive ketones (excluding diaryl/α,β-unsaturated/α-hetero) is 2. The molecule has 0 saturated heterocycles. The number of carbonyl (C=O) groups excluding carboxylic acids is 6. The average Bonchev–Trinajstić information content (AvgIpc) is 3.27. The van der Waals surface area contributed by atoms with E-state index in [1.165, 1.54) is 62.8 Å². The number of carbonyl (C=O) groups is 6. The summed E-state index contributed by atoms with van der Waals surface area (Å²) in [6.07, 6.45) is 0. The van der Waals surface area contributed by atoms with Crippen molar-refractivity contribution in [1.82, 2.24) is 0 Å². The first-order valence-corrected chi connectivity index (χ1v) is 21.4. The van der Waals surface area contributed by atoms with Gasteiger partial charge in [-0.3, -0.25) is 28.8 Å². The Bertz CT molecular complexity index is 2560. The maximum Gasteiger partial charge on any atom is 0.258 e. The third kappa shape index (κ3) is 13.2. The third-order valence-corrected chi connectivity index (χ3v) is 10.6. The van der Waals surface area contributed by atoms with Crippen LogP contribution in [0.25, 0.3) is 0 Å². The van der Waals surface area contributed by atoms with Gasteiger partial charge in [-0.05, 0) is 99.5 Å². The molecule has 66 heavy (non-hydrogen) atoms. The van der Waals surface area contributed by atoms with Gasteiger partial charge >= 0.3 is 0 Å². The van der Waals surface area contributed by atoms with E-state index in [0.29, 0.717) is 11.4 Å². The summed E-state index contributed by atoms with van der Waals surface area (Å²) in [7, 11) is 2.58. The van der Waals surface area contributed by atoms with Gasteiger partial charge in [0.2, 0.25) is 12.1 Å². The average molecular weight is 977 g/mol. The number of rotatable bonds is 18. The summed E-state index contributed by atoms with van der Waals surface area (Å²) in [4.78, 5) is 78.8. The highest BCUT2D eigenvalue weighted by molar-refractivity contribution is 6.35. The number of methoxy groups -OCH3 is 2. The van der Waals surface area contributed by atoms with Gasteiger partial charge in [0.1, 0.15) is 11.5 Å². The molecule has 0 bridgehead atoms. The summed E-state index contributed by atoms with van der Waals surface area (Å²) in [6, 6.07) is 21.7. The molecular formula is C46H42Cl4N8O8. The first kappa shape index (κ1) is 50.3. The molecule has 0 aromatic heterocycles.